The lowest BCUT2D eigenvalue weighted by molar-refractivity contribution is 0.0173. The number of likely N-dealkylation sites (tertiary alicyclic amines) is 1. The molecule has 0 unspecified atom stereocenters. The summed E-state index contributed by atoms with van der Waals surface area (Å²) >= 11 is 1.44. The van der Waals surface area contributed by atoms with Crippen molar-refractivity contribution in [2.75, 3.05) is 13.1 Å². The third-order valence-corrected chi connectivity index (χ3v) is 4.56. The Morgan fingerprint density at radius 1 is 1.29 bits per heavy atom. The smallest absolute Gasteiger partial charge is 0.273 e. The minimum absolute atomic E-state index is 0.00775. The molecule has 24 heavy (non-hydrogen) atoms. The predicted molar refractivity (Wildman–Crippen MR) is 88.6 cm³/mol. The van der Waals surface area contributed by atoms with Gasteiger partial charge in [-0.05, 0) is 29.3 Å². The lowest BCUT2D eigenvalue weighted by Crippen LogP contribution is -2.56. The second-order valence-electron chi connectivity index (χ2n) is 5.56. The molecule has 1 fully saturated rings. The molecule has 1 N–H and O–H groups in total. The fraction of sp³-hybridized carbons (Fsp3) is 0.176. The summed E-state index contributed by atoms with van der Waals surface area (Å²) in [4.78, 5) is 21.2. The van der Waals surface area contributed by atoms with Gasteiger partial charge in [0.1, 0.15) is 17.6 Å². The van der Waals surface area contributed by atoms with Crippen LogP contribution in [0.4, 0.5) is 4.39 Å². The molecule has 1 saturated heterocycles. The zero-order chi connectivity index (χ0) is 16.5. The quantitative estimate of drug-likeness (QED) is 0.791. The Hall–Kier alpha value is -2.67. The Bertz CT molecular complexity index is 839. The number of carbonyl (C=O) groups excluding carboxylic acids is 1. The van der Waals surface area contributed by atoms with Crippen molar-refractivity contribution in [2.24, 2.45) is 0 Å². The Morgan fingerprint density at radius 3 is 2.79 bits per heavy atom. The Morgan fingerprint density at radius 2 is 2.08 bits per heavy atom. The minimum atomic E-state index is -0.280. The number of rotatable bonds is 4. The summed E-state index contributed by atoms with van der Waals surface area (Å²) in [5.74, 6) is -0.347. The second-order valence-corrected chi connectivity index (χ2v) is 6.41. The first kappa shape index (κ1) is 14.9. The predicted octanol–water partition coefficient (Wildman–Crippen LogP) is 3.18. The molecule has 1 aliphatic heterocycles. The van der Waals surface area contributed by atoms with Crippen molar-refractivity contribution in [3.05, 3.63) is 59.6 Å². The number of hydrogen-bond acceptors (Lipinski definition) is 4. The Kier molecular flexibility index (Phi) is 3.78. The lowest BCUT2D eigenvalue weighted by Gasteiger charge is -2.37. The molecule has 4 rings (SSSR count). The first-order chi connectivity index (χ1) is 11.7. The molecule has 1 aliphatic rings. The first-order valence-electron chi connectivity index (χ1n) is 7.49. The van der Waals surface area contributed by atoms with E-state index >= 15 is 0 Å². The maximum absolute atomic E-state index is 13.0. The zero-order valence-corrected chi connectivity index (χ0v) is 13.4. The van der Waals surface area contributed by atoms with Gasteiger partial charge in [-0.25, -0.2) is 9.37 Å². The van der Waals surface area contributed by atoms with Crippen LogP contribution in [0.3, 0.4) is 0 Å². The number of halogens is 1. The van der Waals surface area contributed by atoms with Crippen LogP contribution < -0.4 is 4.74 Å². The summed E-state index contributed by atoms with van der Waals surface area (Å²) < 4.78 is 18.6. The molecule has 1 amide bonds. The number of H-pyrrole nitrogens is 1. The van der Waals surface area contributed by atoms with Crippen molar-refractivity contribution in [1.29, 1.82) is 0 Å². The SMILES string of the molecule is O=C(c1cc(-c2ccc(F)cc2)c[nH]1)N1CC(Oc2nccs2)C1. The van der Waals surface area contributed by atoms with Gasteiger partial charge in [0.05, 0.1) is 13.1 Å². The van der Waals surface area contributed by atoms with Gasteiger partial charge in [-0.3, -0.25) is 4.79 Å². The molecule has 5 nitrogen and oxygen atoms in total. The normalized spacial score (nSPS) is 14.5. The molecule has 3 heterocycles. The topological polar surface area (TPSA) is 58.2 Å². The van der Waals surface area contributed by atoms with E-state index in [2.05, 4.69) is 9.97 Å². The van der Waals surface area contributed by atoms with E-state index in [1.165, 1.54) is 23.5 Å². The number of ether oxygens (including phenoxy) is 1. The molecular weight excluding hydrogens is 329 g/mol. The number of hydrogen-bond donors (Lipinski definition) is 1. The molecule has 3 aromatic rings. The van der Waals surface area contributed by atoms with E-state index < -0.39 is 0 Å². The maximum atomic E-state index is 13.0. The number of thiazole rings is 1. The molecule has 122 valence electrons. The van der Waals surface area contributed by atoms with Gasteiger partial charge in [-0.1, -0.05) is 23.5 Å². The van der Waals surface area contributed by atoms with Crippen molar-refractivity contribution in [1.82, 2.24) is 14.9 Å². The third-order valence-electron chi connectivity index (χ3n) is 3.90. The van der Waals surface area contributed by atoms with Crippen LogP contribution in [0.15, 0.2) is 48.1 Å². The highest BCUT2D eigenvalue weighted by atomic mass is 32.1. The van der Waals surface area contributed by atoms with Gasteiger partial charge in [0, 0.05) is 17.8 Å². The van der Waals surface area contributed by atoms with Gasteiger partial charge in [-0.15, -0.1) is 0 Å². The van der Waals surface area contributed by atoms with Crippen LogP contribution in [0.1, 0.15) is 10.5 Å². The van der Waals surface area contributed by atoms with Crippen LogP contribution in [0.25, 0.3) is 11.1 Å². The fourth-order valence-electron chi connectivity index (χ4n) is 2.59. The van der Waals surface area contributed by atoms with Crippen molar-refractivity contribution in [3.63, 3.8) is 0 Å². The van der Waals surface area contributed by atoms with E-state index in [1.54, 1.807) is 35.5 Å². The third kappa shape index (κ3) is 2.90. The van der Waals surface area contributed by atoms with Crippen LogP contribution in [0.5, 0.6) is 5.19 Å². The van der Waals surface area contributed by atoms with Gasteiger partial charge in [0.25, 0.3) is 11.1 Å². The van der Waals surface area contributed by atoms with Crippen LogP contribution in [0.2, 0.25) is 0 Å². The van der Waals surface area contributed by atoms with Crippen LogP contribution in [-0.4, -0.2) is 40.0 Å². The van der Waals surface area contributed by atoms with Gasteiger partial charge in [0.2, 0.25) is 0 Å². The standard InChI is InChI=1S/C17H14FN3O2S/c18-13-3-1-11(2-4-13)12-7-15(20-8-12)16(22)21-9-14(10-21)23-17-19-5-6-24-17/h1-8,14,20H,9-10H2. The molecule has 1 aromatic carbocycles. The molecule has 0 atom stereocenters. The van der Waals surface area contributed by atoms with E-state index in [9.17, 15) is 9.18 Å². The molecule has 0 radical (unpaired) electrons. The van der Waals surface area contributed by atoms with Crippen LogP contribution in [0, 0.1) is 5.82 Å². The number of carbonyl (C=O) groups is 1. The van der Waals surface area contributed by atoms with Gasteiger partial charge < -0.3 is 14.6 Å². The number of aromatic amines is 1. The molecule has 0 aliphatic carbocycles. The monoisotopic (exact) mass is 343 g/mol. The Labute approximate surface area is 141 Å². The highest BCUT2D eigenvalue weighted by molar-refractivity contribution is 7.11. The first-order valence-corrected chi connectivity index (χ1v) is 8.37. The Balaban J connectivity index is 1.38. The highest BCUT2D eigenvalue weighted by Gasteiger charge is 2.33. The molecule has 0 saturated carbocycles. The van der Waals surface area contributed by atoms with E-state index in [0.29, 0.717) is 24.0 Å². The second kappa shape index (κ2) is 6.09. The van der Waals surface area contributed by atoms with Gasteiger partial charge in [0.15, 0.2) is 0 Å². The van der Waals surface area contributed by atoms with E-state index in [4.69, 9.17) is 4.74 Å². The van der Waals surface area contributed by atoms with Crippen molar-refractivity contribution in [2.45, 2.75) is 6.10 Å². The van der Waals surface area contributed by atoms with Crippen molar-refractivity contribution >= 4 is 17.2 Å². The number of nitrogens with one attached hydrogen (secondary N) is 1. The minimum Gasteiger partial charge on any atom is -0.463 e. The van der Waals surface area contributed by atoms with Crippen molar-refractivity contribution < 1.29 is 13.9 Å². The summed E-state index contributed by atoms with van der Waals surface area (Å²) in [6.07, 6.45) is 3.44. The summed E-state index contributed by atoms with van der Waals surface area (Å²) in [6, 6.07) is 7.97. The molecule has 0 spiro atoms. The lowest BCUT2D eigenvalue weighted by atomic mass is 10.1. The van der Waals surface area contributed by atoms with E-state index in [-0.39, 0.29) is 17.8 Å². The average Bonchev–Trinajstić information content (AvgIpc) is 3.22. The fourth-order valence-corrected chi connectivity index (χ4v) is 3.14. The highest BCUT2D eigenvalue weighted by Crippen LogP contribution is 2.24. The number of amides is 1. The van der Waals surface area contributed by atoms with Gasteiger partial charge in [-0.2, -0.15) is 0 Å². The number of nitrogens with zero attached hydrogens (tertiary/aromatic N) is 2. The van der Waals surface area contributed by atoms with Crippen LogP contribution in [-0.2, 0) is 0 Å². The number of benzene rings is 1. The van der Waals surface area contributed by atoms with E-state index in [1.807, 2.05) is 5.38 Å². The molecule has 2 aromatic heterocycles. The van der Waals surface area contributed by atoms with Crippen molar-refractivity contribution in [3.8, 4) is 16.3 Å². The average molecular weight is 343 g/mol. The largest absolute Gasteiger partial charge is 0.463 e. The van der Waals surface area contributed by atoms with Gasteiger partial charge >= 0.3 is 0 Å². The summed E-state index contributed by atoms with van der Waals surface area (Å²) in [7, 11) is 0. The van der Waals surface area contributed by atoms with E-state index in [0.717, 1.165) is 11.1 Å². The zero-order valence-electron chi connectivity index (χ0n) is 12.6. The summed E-state index contributed by atoms with van der Waals surface area (Å²) in [5, 5.41) is 2.48. The summed E-state index contributed by atoms with van der Waals surface area (Å²) in [6.45, 7) is 1.09. The molecule has 0 bridgehead atoms. The summed E-state index contributed by atoms with van der Waals surface area (Å²) in [5.41, 5.74) is 2.23. The molecular formula is C17H14FN3O2S. The maximum Gasteiger partial charge on any atom is 0.273 e. The van der Waals surface area contributed by atoms with Crippen LogP contribution >= 0.6 is 11.3 Å². The number of aromatic nitrogens is 2. The molecule has 7 heteroatoms.